The summed E-state index contributed by atoms with van der Waals surface area (Å²) in [7, 11) is 0. The van der Waals surface area contributed by atoms with Gasteiger partial charge in [0, 0.05) is 70.8 Å². The lowest BCUT2D eigenvalue weighted by Gasteiger charge is -2.25. The fraction of sp³-hybridized carbons (Fsp3) is 0.458. The molecule has 4 aromatic heterocycles. The summed E-state index contributed by atoms with van der Waals surface area (Å²) in [6.45, 7) is 22.8. The molecule has 2 aromatic carbocycles. The summed E-state index contributed by atoms with van der Waals surface area (Å²) in [5.74, 6) is 0.921. The number of rotatable bonds is 14. The van der Waals surface area contributed by atoms with Crippen LogP contribution in [0.1, 0.15) is 99.4 Å². The third-order valence-corrected chi connectivity index (χ3v) is 16.0. The highest BCUT2D eigenvalue weighted by Crippen LogP contribution is 2.46. The Morgan fingerprint density at radius 3 is 1.85 bits per heavy atom. The van der Waals surface area contributed by atoms with Crippen LogP contribution in [-0.2, 0) is 41.9 Å². The minimum atomic E-state index is -0.173. The van der Waals surface area contributed by atoms with E-state index in [9.17, 15) is 9.59 Å². The molecule has 0 fully saturated rings. The molecule has 0 unspecified atom stereocenters. The number of hydrogen-bond acceptors (Lipinski definition) is 11. The van der Waals surface area contributed by atoms with Gasteiger partial charge in [0.25, 0.3) is 0 Å². The van der Waals surface area contributed by atoms with E-state index in [1.54, 1.807) is 34.0 Å². The number of carbonyl (C=O) groups excluding carboxylic acids is 2. The van der Waals surface area contributed by atoms with Crippen molar-refractivity contribution in [2.24, 2.45) is 11.7 Å². The number of nitrogens with zero attached hydrogens (tertiary/aromatic N) is 4. The van der Waals surface area contributed by atoms with E-state index in [0.717, 1.165) is 103 Å². The van der Waals surface area contributed by atoms with Crippen molar-refractivity contribution in [1.29, 1.82) is 0 Å². The summed E-state index contributed by atoms with van der Waals surface area (Å²) in [5.41, 5.74) is 12.5. The Balaban J connectivity index is 0.000000183. The van der Waals surface area contributed by atoms with Crippen molar-refractivity contribution in [3.8, 4) is 21.1 Å². The molecule has 0 bridgehead atoms. The Kier molecular flexibility index (Phi) is 16.8. The number of nitrogens with two attached hydrogens (primary N) is 1. The van der Waals surface area contributed by atoms with Gasteiger partial charge in [0.05, 0.1) is 20.4 Å². The van der Waals surface area contributed by atoms with Crippen LogP contribution in [0, 0.1) is 5.92 Å². The van der Waals surface area contributed by atoms with Gasteiger partial charge in [-0.3, -0.25) is 19.4 Å². The lowest BCUT2D eigenvalue weighted by molar-refractivity contribution is -0.118. The highest BCUT2D eigenvalue weighted by atomic mass is 32.1. The van der Waals surface area contributed by atoms with Gasteiger partial charge in [0.15, 0.2) is 0 Å². The number of hydrogen-bond donors (Lipinski definition) is 2. The normalized spacial score (nSPS) is 15.0. The summed E-state index contributed by atoms with van der Waals surface area (Å²) in [6.07, 6.45) is 9.09. The fourth-order valence-corrected chi connectivity index (χ4v) is 12.4. The maximum atomic E-state index is 12.9. The zero-order valence-corrected chi connectivity index (χ0v) is 39.5. The number of anilines is 1. The highest BCUT2D eigenvalue weighted by Gasteiger charge is 2.29. The summed E-state index contributed by atoms with van der Waals surface area (Å²) in [5, 5.41) is 5.99. The monoisotopic (exact) mass is 882 g/mol. The van der Waals surface area contributed by atoms with Gasteiger partial charge >= 0.3 is 0 Å². The van der Waals surface area contributed by atoms with Gasteiger partial charge in [-0.25, -0.2) is 9.97 Å². The van der Waals surface area contributed by atoms with Crippen molar-refractivity contribution in [2.75, 3.05) is 31.5 Å². The molecule has 0 spiro atoms. The Morgan fingerprint density at radius 2 is 1.33 bits per heavy atom. The van der Waals surface area contributed by atoms with Crippen LogP contribution < -0.4 is 11.1 Å². The van der Waals surface area contributed by atoms with E-state index in [4.69, 9.17) is 15.7 Å². The standard InChI is InChI=1S/C25H32N2OS2.C19H19N3OS2.C4H11N/c1-4-17(3)9-8-10-18(28)15-22-24(19-13-14-27(5-2)16-23(19)29-22)25-26-20-11-6-7-12-21(20)30-25;1-3-16(23)21-19-17(12-9-10-22(4-2)11-15(12)25-19)18-20-13-7-5-6-8-14(13)24-18;1-3-4(2)5/h6-7,11-12,17H,4-5,8-10,13-16H2,1-3H3;3,5-8H,1,4,9-11H2,2H3,(H,21,23);4H,3,5H2,1-2H3/t17-;;4-/m0.0/s1. The first-order chi connectivity index (χ1) is 29.0. The molecule has 0 aliphatic carbocycles. The number of carbonyl (C=O) groups is 2. The van der Waals surface area contributed by atoms with Gasteiger partial charge in [0.2, 0.25) is 5.91 Å². The van der Waals surface area contributed by atoms with Crippen molar-refractivity contribution >= 4 is 82.5 Å². The molecular formula is C48H62N6O2S4. The molecule has 0 saturated carbocycles. The number of ketones is 1. The number of benzene rings is 2. The van der Waals surface area contributed by atoms with Crippen LogP contribution in [0.2, 0.25) is 0 Å². The lowest BCUT2D eigenvalue weighted by Crippen LogP contribution is -2.29. The third kappa shape index (κ3) is 11.4. The van der Waals surface area contributed by atoms with Crippen LogP contribution in [0.15, 0.2) is 61.2 Å². The number of likely N-dealkylation sites (N-methyl/N-ethyl adjacent to an activating group) is 2. The summed E-state index contributed by atoms with van der Waals surface area (Å²) in [4.78, 5) is 43.5. The predicted octanol–water partition coefficient (Wildman–Crippen LogP) is 12.0. The number of thiazole rings is 2. The van der Waals surface area contributed by atoms with E-state index in [2.05, 4.69) is 86.6 Å². The molecule has 3 N–H and O–H groups in total. The zero-order chi connectivity index (χ0) is 42.8. The minimum Gasteiger partial charge on any atom is -0.328 e. The van der Waals surface area contributed by atoms with Gasteiger partial charge in [-0.15, -0.1) is 45.3 Å². The average Bonchev–Trinajstić information content (AvgIpc) is 4.05. The second-order valence-electron chi connectivity index (χ2n) is 15.9. The van der Waals surface area contributed by atoms with Crippen LogP contribution in [-0.4, -0.2) is 63.7 Å². The first-order valence-corrected chi connectivity index (χ1v) is 25.0. The van der Waals surface area contributed by atoms with Crippen molar-refractivity contribution in [2.45, 2.75) is 112 Å². The summed E-state index contributed by atoms with van der Waals surface area (Å²) < 4.78 is 2.40. The molecule has 12 heteroatoms. The smallest absolute Gasteiger partial charge is 0.248 e. The fourth-order valence-electron chi connectivity index (χ4n) is 7.44. The minimum absolute atomic E-state index is 0.173. The molecule has 8 nitrogen and oxygen atoms in total. The number of aromatic nitrogens is 2. The molecule has 2 aliphatic rings. The summed E-state index contributed by atoms with van der Waals surface area (Å²) in [6, 6.07) is 16.9. The highest BCUT2D eigenvalue weighted by molar-refractivity contribution is 7.23. The van der Waals surface area contributed by atoms with E-state index in [1.165, 1.54) is 53.2 Å². The van der Waals surface area contributed by atoms with E-state index >= 15 is 0 Å². The van der Waals surface area contributed by atoms with Crippen LogP contribution in [0.5, 0.6) is 0 Å². The van der Waals surface area contributed by atoms with E-state index in [1.807, 2.05) is 36.5 Å². The van der Waals surface area contributed by atoms with Crippen LogP contribution in [0.25, 0.3) is 41.6 Å². The quantitative estimate of drug-likeness (QED) is 0.105. The molecule has 0 radical (unpaired) electrons. The Hall–Kier alpha value is -3.62. The summed E-state index contributed by atoms with van der Waals surface area (Å²) >= 11 is 7.00. The molecule has 6 heterocycles. The lowest BCUT2D eigenvalue weighted by atomic mass is 9.97. The second-order valence-corrected chi connectivity index (χ2v) is 20.3. The van der Waals surface area contributed by atoms with Gasteiger partial charge < -0.3 is 11.1 Å². The predicted molar refractivity (Wildman–Crippen MR) is 260 cm³/mol. The van der Waals surface area contributed by atoms with Gasteiger partial charge in [-0.2, -0.15) is 0 Å². The van der Waals surface area contributed by atoms with Gasteiger partial charge in [0.1, 0.15) is 20.8 Å². The molecule has 60 heavy (non-hydrogen) atoms. The number of Topliss-reactive ketones (excluding diaryl/α,β-unsaturated/α-hetero) is 1. The molecule has 2 atom stereocenters. The number of para-hydroxylation sites is 2. The second kappa shape index (κ2) is 21.9. The molecule has 2 aliphatic heterocycles. The maximum Gasteiger partial charge on any atom is 0.248 e. The molecule has 1 amide bonds. The maximum absolute atomic E-state index is 12.9. The van der Waals surface area contributed by atoms with E-state index in [0.29, 0.717) is 30.6 Å². The average molecular weight is 883 g/mol. The SMILES string of the molecule is C=CC(=O)Nc1sc2c(c1-c1nc3ccccc3s1)CCN(CC)C2.CC[C@H](C)CCCC(=O)Cc1sc2c(c1-c1nc3ccccc3s1)CCN(CC)C2.CC[C@H](C)N. The zero-order valence-electron chi connectivity index (χ0n) is 36.3. The Bertz CT molecular complexity index is 2300. The van der Waals surface area contributed by atoms with Crippen molar-refractivity contribution < 1.29 is 9.59 Å². The third-order valence-electron chi connectivity index (χ3n) is 11.5. The molecular weight excluding hydrogens is 821 g/mol. The van der Waals surface area contributed by atoms with Gasteiger partial charge in [-0.05, 0) is 93.1 Å². The number of amides is 1. The number of nitrogens with one attached hydrogen (secondary N) is 1. The molecule has 6 aromatic rings. The largest absolute Gasteiger partial charge is 0.328 e. The van der Waals surface area contributed by atoms with E-state index < -0.39 is 0 Å². The Morgan fingerprint density at radius 1 is 0.800 bits per heavy atom. The van der Waals surface area contributed by atoms with Gasteiger partial charge in [-0.1, -0.05) is 78.3 Å². The molecule has 8 rings (SSSR count). The van der Waals surface area contributed by atoms with Crippen molar-refractivity contribution in [3.05, 3.63) is 86.9 Å². The molecule has 0 saturated heterocycles. The first kappa shape index (κ1) is 45.9. The van der Waals surface area contributed by atoms with Crippen molar-refractivity contribution in [3.63, 3.8) is 0 Å². The van der Waals surface area contributed by atoms with Crippen LogP contribution in [0.3, 0.4) is 0 Å². The number of thiophene rings is 2. The van der Waals surface area contributed by atoms with E-state index in [-0.39, 0.29) is 5.91 Å². The topological polar surface area (TPSA) is 104 Å². The number of fused-ring (bicyclic) bond motifs is 4. The molecule has 320 valence electrons. The first-order valence-electron chi connectivity index (χ1n) is 21.7. The Labute approximate surface area is 372 Å². The van der Waals surface area contributed by atoms with Crippen LogP contribution >= 0.6 is 45.3 Å². The van der Waals surface area contributed by atoms with Crippen LogP contribution in [0.4, 0.5) is 5.00 Å². The van der Waals surface area contributed by atoms with Crippen molar-refractivity contribution in [1.82, 2.24) is 19.8 Å².